The quantitative estimate of drug-likeness (QED) is 0.341. The molecule has 6 heteroatoms. The molecule has 0 amide bonds. The van der Waals surface area contributed by atoms with Crippen molar-refractivity contribution in [3.63, 3.8) is 0 Å². The molecule has 0 radical (unpaired) electrons. The minimum Gasteiger partial charge on any atom is -0.373 e. The van der Waals surface area contributed by atoms with Crippen LogP contribution in [0.3, 0.4) is 0 Å². The van der Waals surface area contributed by atoms with Gasteiger partial charge in [0.15, 0.2) is 5.96 Å². The average molecular weight is 522 g/mol. The number of aliphatic imine (C=N–C) groups is 1. The first-order valence-electron chi connectivity index (χ1n) is 10.5. The Morgan fingerprint density at radius 1 is 1.00 bits per heavy atom. The minimum absolute atomic E-state index is 0. The van der Waals surface area contributed by atoms with E-state index < -0.39 is 0 Å². The lowest BCUT2D eigenvalue weighted by atomic mass is 10.1. The van der Waals surface area contributed by atoms with Gasteiger partial charge in [-0.2, -0.15) is 0 Å². The predicted molar refractivity (Wildman–Crippen MR) is 135 cm³/mol. The Morgan fingerprint density at radius 2 is 1.67 bits per heavy atom. The largest absolute Gasteiger partial charge is 0.373 e. The Morgan fingerprint density at radius 3 is 2.33 bits per heavy atom. The van der Waals surface area contributed by atoms with E-state index in [9.17, 15) is 0 Å². The number of nitrogens with zero attached hydrogens (tertiary/aromatic N) is 2. The van der Waals surface area contributed by atoms with Gasteiger partial charge < -0.3 is 15.4 Å². The molecule has 1 aliphatic rings. The first kappa shape index (κ1) is 24.6. The van der Waals surface area contributed by atoms with Gasteiger partial charge in [0, 0.05) is 39.8 Å². The number of guanidine groups is 1. The minimum atomic E-state index is 0. The molecule has 2 aromatic carbocycles. The van der Waals surface area contributed by atoms with Crippen molar-refractivity contribution in [2.24, 2.45) is 4.99 Å². The van der Waals surface area contributed by atoms with Crippen molar-refractivity contribution >= 4 is 29.9 Å². The van der Waals surface area contributed by atoms with Crippen LogP contribution in [-0.4, -0.2) is 43.2 Å². The molecule has 1 saturated heterocycles. The van der Waals surface area contributed by atoms with Crippen LogP contribution in [0.4, 0.5) is 0 Å². The van der Waals surface area contributed by atoms with Gasteiger partial charge in [-0.3, -0.25) is 9.89 Å². The number of rotatable bonds is 6. The van der Waals surface area contributed by atoms with Crippen molar-refractivity contribution in [3.8, 4) is 0 Å². The Hall–Kier alpha value is -1.64. The number of halogens is 1. The number of aryl methyl sites for hydroxylation is 1. The molecule has 30 heavy (non-hydrogen) atoms. The maximum Gasteiger partial charge on any atom is 0.191 e. The standard InChI is InChI=1S/C24H34N4O.HI/c1-18-8-7-9-21(12-18)13-26-24(25-4)27-14-22-10-5-6-11-23(22)17-28-15-19(2)29-20(3)16-28;/h5-12,19-20H,13-17H2,1-4H3,(H2,25,26,27);1H. The normalized spacial score (nSPS) is 19.8. The average Bonchev–Trinajstić information content (AvgIpc) is 2.68. The molecule has 2 N–H and O–H groups in total. The summed E-state index contributed by atoms with van der Waals surface area (Å²) in [6, 6.07) is 17.2. The molecule has 0 aliphatic carbocycles. The van der Waals surface area contributed by atoms with Gasteiger partial charge >= 0.3 is 0 Å². The maximum atomic E-state index is 5.87. The predicted octanol–water partition coefficient (Wildman–Crippen LogP) is 4.09. The van der Waals surface area contributed by atoms with E-state index in [2.05, 4.69) is 89.8 Å². The molecule has 1 fully saturated rings. The van der Waals surface area contributed by atoms with Crippen LogP contribution in [0.25, 0.3) is 0 Å². The molecule has 2 atom stereocenters. The zero-order valence-electron chi connectivity index (χ0n) is 18.5. The number of hydrogen-bond acceptors (Lipinski definition) is 3. The van der Waals surface area contributed by atoms with Gasteiger partial charge in [0.25, 0.3) is 0 Å². The summed E-state index contributed by atoms with van der Waals surface area (Å²) in [5.74, 6) is 0.815. The van der Waals surface area contributed by atoms with Crippen LogP contribution in [0.15, 0.2) is 53.5 Å². The summed E-state index contributed by atoms with van der Waals surface area (Å²) in [5, 5.41) is 6.87. The number of hydrogen-bond donors (Lipinski definition) is 2. The molecule has 3 rings (SSSR count). The van der Waals surface area contributed by atoms with E-state index in [1.165, 1.54) is 22.3 Å². The smallest absolute Gasteiger partial charge is 0.191 e. The van der Waals surface area contributed by atoms with Crippen LogP contribution < -0.4 is 10.6 Å². The van der Waals surface area contributed by atoms with Gasteiger partial charge in [-0.05, 0) is 37.5 Å². The SMILES string of the molecule is CN=C(NCc1cccc(C)c1)NCc1ccccc1CN1CC(C)OC(C)C1.I. The molecule has 5 nitrogen and oxygen atoms in total. The summed E-state index contributed by atoms with van der Waals surface area (Å²) >= 11 is 0. The molecule has 0 bridgehead atoms. The summed E-state index contributed by atoms with van der Waals surface area (Å²) in [4.78, 5) is 6.86. The highest BCUT2D eigenvalue weighted by Gasteiger charge is 2.22. The highest BCUT2D eigenvalue weighted by atomic mass is 127. The fourth-order valence-electron chi connectivity index (χ4n) is 3.95. The van der Waals surface area contributed by atoms with E-state index in [-0.39, 0.29) is 36.2 Å². The number of nitrogens with one attached hydrogen (secondary N) is 2. The van der Waals surface area contributed by atoms with Gasteiger partial charge in [0.1, 0.15) is 0 Å². The first-order chi connectivity index (χ1) is 14.0. The molecular formula is C24H35IN4O. The number of benzene rings is 2. The zero-order valence-corrected chi connectivity index (χ0v) is 20.9. The van der Waals surface area contributed by atoms with Crippen LogP contribution in [0.2, 0.25) is 0 Å². The van der Waals surface area contributed by atoms with Gasteiger partial charge in [-0.1, -0.05) is 54.1 Å². The lowest BCUT2D eigenvalue weighted by molar-refractivity contribution is -0.0705. The van der Waals surface area contributed by atoms with Crippen LogP contribution in [0.1, 0.15) is 36.1 Å². The van der Waals surface area contributed by atoms with Crippen molar-refractivity contribution in [1.29, 1.82) is 0 Å². The fraction of sp³-hybridized carbons (Fsp3) is 0.458. The second-order valence-electron chi connectivity index (χ2n) is 7.99. The monoisotopic (exact) mass is 522 g/mol. The van der Waals surface area contributed by atoms with Gasteiger partial charge in [-0.15, -0.1) is 24.0 Å². The van der Waals surface area contributed by atoms with Crippen LogP contribution in [0.5, 0.6) is 0 Å². The third-order valence-corrected chi connectivity index (χ3v) is 5.22. The van der Waals surface area contributed by atoms with E-state index in [0.717, 1.165) is 38.7 Å². The van der Waals surface area contributed by atoms with Crippen molar-refractivity contribution in [1.82, 2.24) is 15.5 Å². The molecule has 2 unspecified atom stereocenters. The molecule has 164 valence electrons. The topological polar surface area (TPSA) is 48.9 Å². The van der Waals surface area contributed by atoms with E-state index in [0.29, 0.717) is 0 Å². The lowest BCUT2D eigenvalue weighted by Gasteiger charge is -2.35. The van der Waals surface area contributed by atoms with Crippen molar-refractivity contribution in [2.75, 3.05) is 20.1 Å². The summed E-state index contributed by atoms with van der Waals surface area (Å²) in [6.45, 7) is 10.8. The van der Waals surface area contributed by atoms with E-state index >= 15 is 0 Å². The van der Waals surface area contributed by atoms with Gasteiger partial charge in [0.2, 0.25) is 0 Å². The van der Waals surface area contributed by atoms with Crippen molar-refractivity contribution < 1.29 is 4.74 Å². The van der Waals surface area contributed by atoms with Crippen LogP contribution in [-0.2, 0) is 24.4 Å². The summed E-state index contributed by atoms with van der Waals surface area (Å²) in [5.41, 5.74) is 5.19. The van der Waals surface area contributed by atoms with E-state index in [1.54, 1.807) is 0 Å². The molecule has 1 aliphatic heterocycles. The van der Waals surface area contributed by atoms with Gasteiger partial charge in [-0.25, -0.2) is 0 Å². The van der Waals surface area contributed by atoms with Crippen LogP contribution >= 0.6 is 24.0 Å². The lowest BCUT2D eigenvalue weighted by Crippen LogP contribution is -2.45. The molecular weight excluding hydrogens is 487 g/mol. The third-order valence-electron chi connectivity index (χ3n) is 5.22. The zero-order chi connectivity index (χ0) is 20.6. The van der Waals surface area contributed by atoms with E-state index in [1.807, 2.05) is 7.05 Å². The fourth-order valence-corrected chi connectivity index (χ4v) is 3.95. The Labute approximate surface area is 198 Å². The second kappa shape index (κ2) is 12.3. The van der Waals surface area contributed by atoms with Crippen molar-refractivity contribution in [2.45, 2.75) is 52.6 Å². The highest BCUT2D eigenvalue weighted by Crippen LogP contribution is 2.17. The Balaban J connectivity index is 0.00000320. The maximum absolute atomic E-state index is 5.87. The number of morpholine rings is 1. The first-order valence-corrected chi connectivity index (χ1v) is 10.5. The van der Waals surface area contributed by atoms with Crippen LogP contribution in [0, 0.1) is 6.92 Å². The number of ether oxygens (including phenoxy) is 1. The van der Waals surface area contributed by atoms with E-state index in [4.69, 9.17) is 4.74 Å². The van der Waals surface area contributed by atoms with Gasteiger partial charge in [0.05, 0.1) is 12.2 Å². The summed E-state index contributed by atoms with van der Waals surface area (Å²) < 4.78 is 5.87. The summed E-state index contributed by atoms with van der Waals surface area (Å²) in [6.07, 6.45) is 0.572. The molecule has 1 heterocycles. The Kier molecular flexibility index (Phi) is 10.1. The third kappa shape index (κ3) is 7.56. The molecule has 0 spiro atoms. The molecule has 0 aromatic heterocycles. The Bertz CT molecular complexity index is 816. The second-order valence-corrected chi connectivity index (χ2v) is 7.99. The summed E-state index contributed by atoms with van der Waals surface area (Å²) in [7, 11) is 1.81. The molecule has 2 aromatic rings. The van der Waals surface area contributed by atoms with Crippen molar-refractivity contribution in [3.05, 3.63) is 70.8 Å². The molecule has 0 saturated carbocycles. The highest BCUT2D eigenvalue weighted by molar-refractivity contribution is 14.0.